The van der Waals surface area contributed by atoms with Gasteiger partial charge in [0.05, 0.1) is 5.75 Å². The van der Waals surface area contributed by atoms with Crippen LogP contribution >= 0.6 is 0 Å². The predicted molar refractivity (Wildman–Crippen MR) is 55.5 cm³/mol. The summed E-state index contributed by atoms with van der Waals surface area (Å²) in [5.74, 6) is 0.0469. The van der Waals surface area contributed by atoms with Crippen molar-refractivity contribution in [2.45, 2.75) is 19.8 Å². The molecule has 0 aromatic heterocycles. The Morgan fingerprint density at radius 2 is 1.50 bits per heavy atom. The van der Waals surface area contributed by atoms with Crippen LogP contribution in [0.2, 0.25) is 0 Å². The largest absolute Gasteiger partial charge is 0.634 e. The minimum Gasteiger partial charge on any atom is -0.366 e. The van der Waals surface area contributed by atoms with E-state index in [0.29, 0.717) is 6.42 Å². The summed E-state index contributed by atoms with van der Waals surface area (Å²) in [6.07, 6.45) is 1.40. The normalized spacial score (nSPS) is 13.1. The van der Waals surface area contributed by atoms with Crippen molar-refractivity contribution < 1.29 is 21.7 Å². The number of hydrogen-bond acceptors (Lipinski definition) is 5. The van der Waals surface area contributed by atoms with Crippen LogP contribution < -0.4 is 0 Å². The molecule has 86 valence electrons. The average molecular weight is 242 g/mol. The van der Waals surface area contributed by atoms with Crippen molar-refractivity contribution in [3.05, 3.63) is 0 Å². The zero-order chi connectivity index (χ0) is 11.2. The third-order valence-corrected chi connectivity index (χ3v) is 9.38. The monoisotopic (exact) mass is 242 g/mol. The van der Waals surface area contributed by atoms with E-state index in [2.05, 4.69) is 0 Å². The van der Waals surface area contributed by atoms with Gasteiger partial charge in [-0.2, -0.15) is 0 Å². The molecule has 0 amide bonds. The maximum absolute atomic E-state index is 11.8. The van der Waals surface area contributed by atoms with Crippen LogP contribution in [-0.4, -0.2) is 43.5 Å². The van der Waals surface area contributed by atoms with Gasteiger partial charge < -0.3 is 13.3 Å². The Bertz CT molecular complexity index is 239. The third kappa shape index (κ3) is 2.77. The Morgan fingerprint density at radius 3 is 1.79 bits per heavy atom. The molecule has 0 aliphatic rings. The maximum Gasteiger partial charge on any atom is 0.634 e. The molecule has 0 aromatic carbocycles. The van der Waals surface area contributed by atoms with Crippen LogP contribution in [0.5, 0.6) is 0 Å². The summed E-state index contributed by atoms with van der Waals surface area (Å²) in [6.45, 7) is 1.92. The molecule has 0 aromatic rings. The lowest BCUT2D eigenvalue weighted by atomic mass is 10.4. The summed E-state index contributed by atoms with van der Waals surface area (Å²) in [7, 11) is -3.05. The zero-order valence-electron chi connectivity index (χ0n) is 9.07. The number of rotatable bonds is 7. The molecule has 0 spiro atoms. The highest BCUT2D eigenvalue weighted by Gasteiger charge is 2.53. The zero-order valence-corrected chi connectivity index (χ0v) is 10.9. The molecule has 0 aliphatic carbocycles. The van der Waals surface area contributed by atoms with E-state index in [1.807, 2.05) is 6.92 Å². The van der Waals surface area contributed by atoms with Gasteiger partial charge in [-0.05, 0) is 6.42 Å². The van der Waals surface area contributed by atoms with E-state index in [-0.39, 0.29) is 5.75 Å². The Morgan fingerprint density at radius 1 is 1.07 bits per heavy atom. The van der Waals surface area contributed by atoms with E-state index in [1.165, 1.54) is 21.3 Å². The minimum atomic E-state index is -3.51. The van der Waals surface area contributed by atoms with Crippen molar-refractivity contribution in [2.24, 2.45) is 0 Å². The molecule has 0 N–H and O–H groups in total. The summed E-state index contributed by atoms with van der Waals surface area (Å²) in [5, 5.41) is 0. The highest BCUT2D eigenvalue weighted by molar-refractivity contribution is 8.19. The van der Waals surface area contributed by atoms with E-state index in [1.54, 1.807) is 0 Å². The van der Waals surface area contributed by atoms with E-state index >= 15 is 0 Å². The smallest absolute Gasteiger partial charge is 0.366 e. The molecule has 14 heavy (non-hydrogen) atoms. The van der Waals surface area contributed by atoms with Gasteiger partial charge in [0.1, 0.15) is 0 Å². The first-order chi connectivity index (χ1) is 6.49. The summed E-state index contributed by atoms with van der Waals surface area (Å²) >= 11 is 0. The Balaban J connectivity index is 4.80. The Labute approximate surface area is 86.3 Å². The third-order valence-electron chi connectivity index (χ3n) is 1.90. The predicted octanol–water partition coefficient (Wildman–Crippen LogP) is 0.576. The van der Waals surface area contributed by atoms with Gasteiger partial charge in [0, 0.05) is 21.3 Å². The number of hydrogen-bond donors (Lipinski definition) is 0. The summed E-state index contributed by atoms with van der Waals surface area (Å²) < 4.78 is 38.3. The van der Waals surface area contributed by atoms with Gasteiger partial charge in [-0.15, -0.1) is 0 Å². The Kier molecular flexibility index (Phi) is 5.83. The van der Waals surface area contributed by atoms with Crippen molar-refractivity contribution in [3.63, 3.8) is 0 Å². The topological polar surface area (TPSA) is 61.8 Å². The van der Waals surface area contributed by atoms with Gasteiger partial charge in [0.15, 0.2) is 0 Å². The van der Waals surface area contributed by atoms with Crippen LogP contribution in [0.3, 0.4) is 0 Å². The highest BCUT2D eigenvalue weighted by atomic mass is 32.4. The molecule has 0 atom stereocenters. The lowest BCUT2D eigenvalue weighted by Crippen LogP contribution is -2.52. The summed E-state index contributed by atoms with van der Waals surface area (Å²) in [4.78, 5) is 0. The fourth-order valence-electron chi connectivity index (χ4n) is 1.09. The molecule has 0 heterocycles. The first-order valence-electron chi connectivity index (χ1n) is 4.37. The number of unbranched alkanes of at least 4 members (excludes halogenated alkanes) is 1. The summed E-state index contributed by atoms with van der Waals surface area (Å²) in [6, 6.07) is 0. The molecule has 0 aliphatic heterocycles. The molecule has 0 radical (unpaired) electrons. The minimum absolute atomic E-state index is 0.0469. The van der Waals surface area contributed by atoms with E-state index < -0.39 is 17.2 Å². The second kappa shape index (κ2) is 5.81. The molecule has 0 rings (SSSR count). The van der Waals surface area contributed by atoms with Crippen molar-refractivity contribution in [1.29, 1.82) is 0 Å². The molecule has 0 bridgehead atoms. The van der Waals surface area contributed by atoms with Gasteiger partial charge in [-0.3, -0.25) is 0 Å². The Hall–Kier alpha value is 0.0469. The molecule has 0 unspecified atom stereocenters. The molecule has 0 saturated heterocycles. The van der Waals surface area contributed by atoms with Crippen LogP contribution in [0.1, 0.15) is 19.8 Å². The van der Waals surface area contributed by atoms with E-state index in [9.17, 15) is 8.42 Å². The van der Waals surface area contributed by atoms with Crippen molar-refractivity contribution in [2.75, 3.05) is 27.1 Å². The van der Waals surface area contributed by atoms with Crippen LogP contribution in [0.4, 0.5) is 0 Å². The molecular formula is C7H18O5SSi. The molecule has 5 nitrogen and oxygen atoms in total. The van der Waals surface area contributed by atoms with Crippen molar-refractivity contribution in [1.82, 2.24) is 0 Å². The average Bonchev–Trinajstić information content (AvgIpc) is 2.18. The fourth-order valence-corrected chi connectivity index (χ4v) is 6.74. The van der Waals surface area contributed by atoms with E-state index in [4.69, 9.17) is 13.3 Å². The maximum atomic E-state index is 11.8. The molecular weight excluding hydrogens is 224 g/mol. The fraction of sp³-hybridized carbons (Fsp3) is 1.00. The van der Waals surface area contributed by atoms with Gasteiger partial charge >= 0.3 is 7.95 Å². The lowest BCUT2D eigenvalue weighted by molar-refractivity contribution is 0.148. The van der Waals surface area contributed by atoms with Gasteiger partial charge in [0.25, 0.3) is 0 Å². The first-order valence-corrected chi connectivity index (χ1v) is 8.47. The van der Waals surface area contributed by atoms with Crippen molar-refractivity contribution in [3.8, 4) is 0 Å². The van der Waals surface area contributed by atoms with Crippen molar-refractivity contribution >= 4 is 17.2 Å². The van der Waals surface area contributed by atoms with Crippen LogP contribution in [0.25, 0.3) is 0 Å². The second-order valence-corrected chi connectivity index (χ2v) is 10.0. The SMILES string of the molecule is CCCCS(=O)(=O)[Si](OC)(OC)OC. The van der Waals surface area contributed by atoms with E-state index in [0.717, 1.165) is 6.42 Å². The van der Waals surface area contributed by atoms with Crippen LogP contribution in [-0.2, 0) is 22.6 Å². The molecule has 0 saturated carbocycles. The lowest BCUT2D eigenvalue weighted by Gasteiger charge is -2.23. The van der Waals surface area contributed by atoms with Gasteiger partial charge in [0.2, 0.25) is 9.29 Å². The highest BCUT2D eigenvalue weighted by Crippen LogP contribution is 2.17. The quantitative estimate of drug-likeness (QED) is 0.611. The second-order valence-electron chi connectivity index (χ2n) is 2.78. The first kappa shape index (κ1) is 14.0. The van der Waals surface area contributed by atoms with Gasteiger partial charge in [-0.25, -0.2) is 8.42 Å². The molecule has 7 heteroatoms. The van der Waals surface area contributed by atoms with Crippen LogP contribution in [0.15, 0.2) is 0 Å². The molecule has 0 fully saturated rings. The summed E-state index contributed by atoms with van der Waals surface area (Å²) in [5.41, 5.74) is 0. The standard InChI is InChI=1S/C7H18O5SSi/c1-5-6-7-13(8,9)14(10-2,11-3)12-4/h5-7H2,1-4H3. The van der Waals surface area contributed by atoms with Crippen LogP contribution in [0, 0.1) is 0 Å². The van der Waals surface area contributed by atoms with Gasteiger partial charge in [-0.1, -0.05) is 13.3 Å².